The first kappa shape index (κ1) is 18.4. The minimum atomic E-state index is -0.489. The highest BCUT2D eigenvalue weighted by molar-refractivity contribution is 5.93. The topological polar surface area (TPSA) is 81.6 Å². The van der Waals surface area contributed by atoms with Crippen LogP contribution in [0.25, 0.3) is 0 Å². The van der Waals surface area contributed by atoms with Crippen molar-refractivity contribution in [2.75, 3.05) is 13.1 Å². The van der Waals surface area contributed by atoms with Gasteiger partial charge in [0.2, 0.25) is 0 Å². The van der Waals surface area contributed by atoms with Gasteiger partial charge in [-0.2, -0.15) is 0 Å². The molecule has 2 aromatic rings. The smallest absolute Gasteiger partial charge is 0.274 e. The van der Waals surface area contributed by atoms with Gasteiger partial charge >= 0.3 is 0 Å². The molecule has 0 radical (unpaired) electrons. The number of carbonyl (C=O) groups excluding carboxylic acids is 1. The van der Waals surface area contributed by atoms with Crippen molar-refractivity contribution >= 4 is 5.91 Å². The van der Waals surface area contributed by atoms with Crippen LogP contribution >= 0.6 is 0 Å². The predicted molar refractivity (Wildman–Crippen MR) is 97.5 cm³/mol. The minimum Gasteiger partial charge on any atom is -0.296 e. The van der Waals surface area contributed by atoms with E-state index in [1.165, 1.54) is 0 Å². The summed E-state index contributed by atoms with van der Waals surface area (Å²) < 4.78 is 0. The summed E-state index contributed by atoms with van der Waals surface area (Å²) in [4.78, 5) is 24.5. The summed E-state index contributed by atoms with van der Waals surface area (Å²) in [6.07, 6.45) is 5.32. The molecule has 2 N–H and O–H groups in total. The van der Waals surface area contributed by atoms with Gasteiger partial charge in [-0.05, 0) is 31.5 Å². The molecule has 1 fully saturated rings. The first-order chi connectivity index (χ1) is 12.6. The molecule has 1 aliphatic heterocycles. The Labute approximate surface area is 153 Å². The quantitative estimate of drug-likeness (QED) is 0.627. The summed E-state index contributed by atoms with van der Waals surface area (Å²) in [6.45, 7) is 8.18. The maximum absolute atomic E-state index is 11.4. The summed E-state index contributed by atoms with van der Waals surface area (Å²) in [6, 6.07) is 8.21. The molecule has 1 saturated heterocycles. The summed E-state index contributed by atoms with van der Waals surface area (Å²) in [5, 5.41) is 8.69. The number of rotatable bonds is 5. The Bertz CT molecular complexity index is 710. The third kappa shape index (κ3) is 4.43. The average Bonchev–Trinajstić information content (AvgIpc) is 2.65. The zero-order chi connectivity index (χ0) is 18.5. The Balaban J connectivity index is 1.59. The van der Waals surface area contributed by atoms with Crippen LogP contribution in [-0.4, -0.2) is 56.1 Å². The van der Waals surface area contributed by atoms with Gasteiger partial charge in [0, 0.05) is 61.8 Å². The van der Waals surface area contributed by atoms with Gasteiger partial charge in [0.15, 0.2) is 0 Å². The molecule has 26 heavy (non-hydrogen) atoms. The molecule has 1 aromatic carbocycles. The van der Waals surface area contributed by atoms with Crippen molar-refractivity contribution in [3.8, 4) is 0 Å². The third-order valence-electron chi connectivity index (χ3n) is 4.88. The Kier molecular flexibility index (Phi) is 5.92. The fraction of sp³-hybridized carbons (Fsp3) is 0.421. The lowest BCUT2D eigenvalue weighted by Crippen LogP contribution is -2.55. The van der Waals surface area contributed by atoms with E-state index in [9.17, 15) is 4.79 Å². The number of nitrogens with one attached hydrogen (secondary N) is 1. The second-order valence-electron chi connectivity index (χ2n) is 6.95. The summed E-state index contributed by atoms with van der Waals surface area (Å²) in [5.74, 6) is -0.489. The van der Waals surface area contributed by atoms with Gasteiger partial charge in [-0.25, -0.2) is 15.4 Å². The molecule has 1 amide bonds. The van der Waals surface area contributed by atoms with Crippen molar-refractivity contribution in [3.63, 3.8) is 0 Å². The standard InChI is InChI=1S/C19H25N5O2/c1-14-9-23(11-16-3-5-18(6-4-16)19(25)22-26)10-15(2)24(14)12-17-7-20-13-21-8-17/h3-8,13-15,26H,9-12H2,1-2H3,(H,22,25)/t14-,15+. The average molecular weight is 355 g/mol. The molecule has 0 saturated carbocycles. The van der Waals surface area contributed by atoms with E-state index >= 15 is 0 Å². The molecule has 2 atom stereocenters. The highest BCUT2D eigenvalue weighted by Crippen LogP contribution is 2.20. The van der Waals surface area contributed by atoms with E-state index in [1.54, 1.807) is 23.9 Å². The van der Waals surface area contributed by atoms with Crippen LogP contribution in [0.3, 0.4) is 0 Å². The molecule has 3 rings (SSSR count). The second-order valence-corrected chi connectivity index (χ2v) is 6.95. The zero-order valence-electron chi connectivity index (χ0n) is 15.2. The number of carbonyl (C=O) groups is 1. The maximum atomic E-state index is 11.4. The van der Waals surface area contributed by atoms with Gasteiger partial charge in [0.25, 0.3) is 5.91 Å². The first-order valence-electron chi connectivity index (χ1n) is 8.82. The van der Waals surface area contributed by atoms with Crippen molar-refractivity contribution in [2.24, 2.45) is 0 Å². The van der Waals surface area contributed by atoms with Crippen LogP contribution < -0.4 is 5.48 Å². The molecular weight excluding hydrogens is 330 g/mol. The molecule has 2 heterocycles. The maximum Gasteiger partial charge on any atom is 0.274 e. The fourth-order valence-corrected chi connectivity index (χ4v) is 3.61. The van der Waals surface area contributed by atoms with Crippen molar-refractivity contribution in [1.29, 1.82) is 0 Å². The SMILES string of the molecule is C[C@@H]1CN(Cc2ccc(C(=O)NO)cc2)C[C@H](C)N1Cc1cncnc1. The number of piperazine rings is 1. The third-order valence-corrected chi connectivity index (χ3v) is 4.88. The molecule has 1 aromatic heterocycles. The molecule has 0 unspecified atom stereocenters. The van der Waals surface area contributed by atoms with Crippen LogP contribution in [0.4, 0.5) is 0 Å². The zero-order valence-corrected chi connectivity index (χ0v) is 15.2. The lowest BCUT2D eigenvalue weighted by atomic mass is 10.1. The number of hydrogen-bond donors (Lipinski definition) is 2. The number of nitrogens with zero attached hydrogens (tertiary/aromatic N) is 4. The Morgan fingerprint density at radius 2 is 1.69 bits per heavy atom. The van der Waals surface area contributed by atoms with E-state index in [-0.39, 0.29) is 0 Å². The van der Waals surface area contributed by atoms with Crippen LogP contribution in [0.5, 0.6) is 0 Å². The lowest BCUT2D eigenvalue weighted by molar-refractivity contribution is 0.0289. The van der Waals surface area contributed by atoms with Gasteiger partial charge in [0.05, 0.1) is 0 Å². The monoisotopic (exact) mass is 355 g/mol. The van der Waals surface area contributed by atoms with Crippen LogP contribution in [0.1, 0.15) is 35.3 Å². The van der Waals surface area contributed by atoms with E-state index in [0.29, 0.717) is 17.6 Å². The molecular formula is C19H25N5O2. The van der Waals surface area contributed by atoms with Crippen LogP contribution in [0.15, 0.2) is 43.0 Å². The Morgan fingerprint density at radius 1 is 1.08 bits per heavy atom. The van der Waals surface area contributed by atoms with Crippen LogP contribution in [0.2, 0.25) is 0 Å². The second kappa shape index (κ2) is 8.35. The normalized spacial score (nSPS) is 21.5. The van der Waals surface area contributed by atoms with Crippen molar-refractivity contribution in [1.82, 2.24) is 25.2 Å². The predicted octanol–water partition coefficient (Wildman–Crippen LogP) is 1.69. The van der Waals surface area contributed by atoms with Gasteiger partial charge in [-0.3, -0.25) is 19.8 Å². The van der Waals surface area contributed by atoms with E-state index in [0.717, 1.165) is 37.3 Å². The summed E-state index contributed by atoms with van der Waals surface area (Å²) in [5.41, 5.74) is 4.40. The van der Waals surface area contributed by atoms with E-state index in [2.05, 4.69) is 33.6 Å². The Morgan fingerprint density at radius 3 is 2.27 bits per heavy atom. The number of benzene rings is 1. The van der Waals surface area contributed by atoms with Gasteiger partial charge < -0.3 is 0 Å². The molecule has 0 aliphatic carbocycles. The van der Waals surface area contributed by atoms with Gasteiger partial charge in [-0.15, -0.1) is 0 Å². The van der Waals surface area contributed by atoms with Crippen LogP contribution in [-0.2, 0) is 13.1 Å². The molecule has 0 spiro atoms. The van der Waals surface area contributed by atoms with Crippen molar-refractivity contribution in [2.45, 2.75) is 39.0 Å². The van der Waals surface area contributed by atoms with Gasteiger partial charge in [-0.1, -0.05) is 12.1 Å². The summed E-state index contributed by atoms with van der Waals surface area (Å²) >= 11 is 0. The largest absolute Gasteiger partial charge is 0.296 e. The molecule has 0 bridgehead atoms. The Hall–Kier alpha value is -2.35. The van der Waals surface area contributed by atoms with E-state index in [1.807, 2.05) is 24.5 Å². The number of hydrogen-bond acceptors (Lipinski definition) is 6. The van der Waals surface area contributed by atoms with Crippen LogP contribution in [0, 0.1) is 0 Å². The first-order valence-corrected chi connectivity index (χ1v) is 8.82. The molecule has 7 nitrogen and oxygen atoms in total. The van der Waals surface area contributed by atoms with E-state index < -0.39 is 5.91 Å². The molecule has 1 aliphatic rings. The number of amides is 1. The van der Waals surface area contributed by atoms with Crippen molar-refractivity contribution in [3.05, 3.63) is 59.7 Å². The lowest BCUT2D eigenvalue weighted by Gasteiger charge is -2.44. The molecule has 7 heteroatoms. The number of hydroxylamine groups is 1. The van der Waals surface area contributed by atoms with Crippen molar-refractivity contribution < 1.29 is 10.0 Å². The van der Waals surface area contributed by atoms with E-state index in [4.69, 9.17) is 5.21 Å². The summed E-state index contributed by atoms with van der Waals surface area (Å²) in [7, 11) is 0. The minimum absolute atomic E-state index is 0.429. The fourth-order valence-electron chi connectivity index (χ4n) is 3.61. The van der Waals surface area contributed by atoms with Gasteiger partial charge in [0.1, 0.15) is 6.33 Å². The highest BCUT2D eigenvalue weighted by atomic mass is 16.5. The highest BCUT2D eigenvalue weighted by Gasteiger charge is 2.29. The molecule has 138 valence electrons. The number of aromatic nitrogens is 2.